The van der Waals surface area contributed by atoms with Crippen molar-refractivity contribution in [2.24, 2.45) is 0 Å². The summed E-state index contributed by atoms with van der Waals surface area (Å²) in [6.45, 7) is 3.73. The van der Waals surface area contributed by atoms with E-state index in [0.29, 0.717) is 16.5 Å². The van der Waals surface area contributed by atoms with Crippen molar-refractivity contribution in [3.8, 4) is 0 Å². The average molecular weight is 265 g/mol. The Labute approximate surface area is 110 Å². The van der Waals surface area contributed by atoms with Gasteiger partial charge in [-0.1, -0.05) is 6.92 Å². The third-order valence-electron chi connectivity index (χ3n) is 3.15. The second-order valence-corrected chi connectivity index (χ2v) is 4.99. The van der Waals surface area contributed by atoms with Gasteiger partial charge in [-0.3, -0.25) is 15.1 Å². The molecule has 0 aliphatic carbocycles. The number of benzene rings is 1. The average Bonchev–Trinajstić information content (AvgIpc) is 2.36. The van der Waals surface area contributed by atoms with Gasteiger partial charge in [0.05, 0.1) is 15.8 Å². The maximum Gasteiger partial charge on any atom is 0.282 e. The molecule has 0 saturated heterocycles. The van der Waals surface area contributed by atoms with E-state index in [1.807, 2.05) is 13.8 Å². The van der Waals surface area contributed by atoms with Gasteiger partial charge in [-0.2, -0.15) is 0 Å². The molecule has 4 nitrogen and oxygen atoms in total. The number of pyridine rings is 1. The third kappa shape index (κ3) is 2.16. The standard InChI is InChI=1S/C13H13ClN2O2/c1-8(9(2)14)10-5-6-12-11(4-3-7-15-12)13(10)16(17)18/h3-9H,1-2H3. The number of hydrogen-bond acceptors (Lipinski definition) is 3. The van der Waals surface area contributed by atoms with Gasteiger partial charge in [-0.15, -0.1) is 11.6 Å². The Bertz CT molecular complexity index is 599. The fourth-order valence-electron chi connectivity index (χ4n) is 1.97. The molecule has 2 unspecified atom stereocenters. The lowest BCUT2D eigenvalue weighted by atomic mass is 9.94. The molecule has 0 spiro atoms. The highest BCUT2D eigenvalue weighted by Crippen LogP contribution is 2.35. The number of fused-ring (bicyclic) bond motifs is 1. The van der Waals surface area contributed by atoms with Gasteiger partial charge < -0.3 is 0 Å². The minimum atomic E-state index is -0.352. The van der Waals surface area contributed by atoms with Crippen molar-refractivity contribution in [3.63, 3.8) is 0 Å². The minimum Gasteiger partial charge on any atom is -0.258 e. The molecule has 0 aliphatic heterocycles. The van der Waals surface area contributed by atoms with E-state index >= 15 is 0 Å². The van der Waals surface area contributed by atoms with Crippen LogP contribution in [0.5, 0.6) is 0 Å². The predicted molar refractivity (Wildman–Crippen MR) is 72.1 cm³/mol. The Kier molecular flexibility index (Phi) is 3.48. The van der Waals surface area contributed by atoms with Crippen LogP contribution >= 0.6 is 11.6 Å². The van der Waals surface area contributed by atoms with Crippen LogP contribution in [-0.2, 0) is 0 Å². The lowest BCUT2D eigenvalue weighted by Gasteiger charge is -2.15. The first-order valence-electron chi connectivity index (χ1n) is 5.68. The van der Waals surface area contributed by atoms with Crippen molar-refractivity contribution >= 4 is 28.2 Å². The molecule has 0 amide bonds. The van der Waals surface area contributed by atoms with Crippen LogP contribution in [-0.4, -0.2) is 15.3 Å². The van der Waals surface area contributed by atoms with Crippen LogP contribution < -0.4 is 0 Å². The summed E-state index contributed by atoms with van der Waals surface area (Å²) >= 11 is 6.05. The number of hydrogen-bond donors (Lipinski definition) is 0. The van der Waals surface area contributed by atoms with Gasteiger partial charge in [-0.25, -0.2) is 0 Å². The summed E-state index contributed by atoms with van der Waals surface area (Å²) in [5.41, 5.74) is 1.39. The zero-order valence-corrected chi connectivity index (χ0v) is 10.9. The molecule has 94 valence electrons. The molecule has 5 heteroatoms. The van der Waals surface area contributed by atoms with E-state index in [4.69, 9.17) is 11.6 Å². The maximum absolute atomic E-state index is 11.3. The second kappa shape index (κ2) is 4.90. The Morgan fingerprint density at radius 3 is 2.67 bits per heavy atom. The van der Waals surface area contributed by atoms with Gasteiger partial charge in [0, 0.05) is 23.1 Å². The first kappa shape index (κ1) is 12.8. The Morgan fingerprint density at radius 1 is 1.33 bits per heavy atom. The molecule has 0 aliphatic rings. The third-order valence-corrected chi connectivity index (χ3v) is 3.53. The molecule has 1 aromatic heterocycles. The molecule has 2 rings (SSSR count). The van der Waals surface area contributed by atoms with Gasteiger partial charge >= 0.3 is 0 Å². The van der Waals surface area contributed by atoms with E-state index in [1.165, 1.54) is 0 Å². The summed E-state index contributed by atoms with van der Waals surface area (Å²) in [6, 6.07) is 6.97. The Hall–Kier alpha value is -1.68. The van der Waals surface area contributed by atoms with Crippen molar-refractivity contribution in [2.75, 3.05) is 0 Å². The summed E-state index contributed by atoms with van der Waals surface area (Å²) in [5, 5.41) is 11.7. The second-order valence-electron chi connectivity index (χ2n) is 4.30. The number of halogens is 1. The Balaban J connectivity index is 2.74. The van der Waals surface area contributed by atoms with E-state index in [0.717, 1.165) is 0 Å². The largest absolute Gasteiger partial charge is 0.282 e. The summed E-state index contributed by atoms with van der Waals surface area (Å²) in [7, 11) is 0. The van der Waals surface area contributed by atoms with Gasteiger partial charge in [0.1, 0.15) is 0 Å². The lowest BCUT2D eigenvalue weighted by Crippen LogP contribution is -2.08. The van der Waals surface area contributed by atoms with Gasteiger partial charge in [0.25, 0.3) is 5.69 Å². The van der Waals surface area contributed by atoms with Crippen LogP contribution in [0.4, 0.5) is 5.69 Å². The molecule has 0 saturated carbocycles. The van der Waals surface area contributed by atoms with Crippen molar-refractivity contribution in [3.05, 3.63) is 46.1 Å². The number of nitro benzene ring substituents is 1. The maximum atomic E-state index is 11.3. The molecular formula is C13H13ClN2O2. The van der Waals surface area contributed by atoms with Crippen LogP contribution in [0.1, 0.15) is 25.3 Å². The quantitative estimate of drug-likeness (QED) is 0.480. The molecule has 0 fully saturated rings. The molecule has 1 heterocycles. The number of rotatable bonds is 3. The van der Waals surface area contributed by atoms with Gasteiger partial charge in [-0.05, 0) is 31.2 Å². The minimum absolute atomic E-state index is 0.0864. The highest BCUT2D eigenvalue weighted by molar-refractivity contribution is 6.21. The molecule has 2 aromatic rings. The fraction of sp³-hybridized carbons (Fsp3) is 0.308. The van der Waals surface area contributed by atoms with E-state index in [9.17, 15) is 10.1 Å². The first-order valence-corrected chi connectivity index (χ1v) is 6.12. The summed E-state index contributed by atoms with van der Waals surface area (Å²) < 4.78 is 0. The van der Waals surface area contributed by atoms with Crippen molar-refractivity contribution in [1.29, 1.82) is 0 Å². The molecular weight excluding hydrogens is 252 g/mol. The summed E-state index contributed by atoms with van der Waals surface area (Å²) in [4.78, 5) is 15.1. The SMILES string of the molecule is CC(Cl)C(C)c1ccc2ncccc2c1[N+](=O)[O-]. The van der Waals surface area contributed by atoms with Crippen molar-refractivity contribution in [1.82, 2.24) is 4.98 Å². The highest BCUT2D eigenvalue weighted by atomic mass is 35.5. The first-order chi connectivity index (χ1) is 8.52. The van der Waals surface area contributed by atoms with E-state index in [2.05, 4.69) is 4.98 Å². The van der Waals surface area contributed by atoms with Crippen LogP contribution in [0.2, 0.25) is 0 Å². The van der Waals surface area contributed by atoms with Crippen molar-refractivity contribution < 1.29 is 4.92 Å². The van der Waals surface area contributed by atoms with E-state index in [-0.39, 0.29) is 21.9 Å². The van der Waals surface area contributed by atoms with Crippen molar-refractivity contribution in [2.45, 2.75) is 25.1 Å². The molecule has 1 aromatic carbocycles. The summed E-state index contributed by atoms with van der Waals surface area (Å²) in [5.74, 6) is -0.0864. The monoisotopic (exact) mass is 264 g/mol. The fourth-order valence-corrected chi connectivity index (χ4v) is 2.11. The van der Waals surface area contributed by atoms with Gasteiger partial charge in [0.15, 0.2) is 0 Å². The smallest absolute Gasteiger partial charge is 0.258 e. The van der Waals surface area contributed by atoms with Crippen LogP contribution in [0.15, 0.2) is 30.5 Å². The van der Waals surface area contributed by atoms with E-state index < -0.39 is 0 Å². The normalized spacial score (nSPS) is 14.4. The molecule has 2 atom stereocenters. The Morgan fingerprint density at radius 2 is 2.06 bits per heavy atom. The number of nitrogens with zero attached hydrogens (tertiary/aromatic N) is 2. The number of aromatic nitrogens is 1. The number of alkyl halides is 1. The predicted octanol–water partition coefficient (Wildman–Crippen LogP) is 3.87. The van der Waals surface area contributed by atoms with Crippen LogP contribution in [0.3, 0.4) is 0 Å². The lowest BCUT2D eigenvalue weighted by molar-refractivity contribution is -0.383. The zero-order valence-electron chi connectivity index (χ0n) is 10.1. The topological polar surface area (TPSA) is 56.0 Å². The molecule has 0 N–H and O–H groups in total. The molecule has 0 bridgehead atoms. The van der Waals surface area contributed by atoms with Crippen LogP contribution in [0, 0.1) is 10.1 Å². The molecule has 0 radical (unpaired) electrons. The van der Waals surface area contributed by atoms with Crippen LogP contribution in [0.25, 0.3) is 10.9 Å². The van der Waals surface area contributed by atoms with Gasteiger partial charge in [0.2, 0.25) is 0 Å². The highest BCUT2D eigenvalue weighted by Gasteiger charge is 2.24. The summed E-state index contributed by atoms with van der Waals surface area (Å²) in [6.07, 6.45) is 1.62. The zero-order chi connectivity index (χ0) is 13.3. The molecule has 18 heavy (non-hydrogen) atoms. The number of nitro groups is 1. The van der Waals surface area contributed by atoms with E-state index in [1.54, 1.807) is 30.5 Å².